The van der Waals surface area contributed by atoms with E-state index in [1.165, 1.54) is 0 Å². The number of carbonyl (C=O) groups is 1. The van der Waals surface area contributed by atoms with Gasteiger partial charge in [0.15, 0.2) is 0 Å². The normalized spacial score (nSPS) is 10.3. The van der Waals surface area contributed by atoms with E-state index in [0.717, 1.165) is 27.5 Å². The Kier molecular flexibility index (Phi) is 6.46. The average Bonchev–Trinajstić information content (AvgIpc) is 2.51. The van der Waals surface area contributed by atoms with Crippen molar-refractivity contribution in [2.75, 3.05) is 11.9 Å². The summed E-state index contributed by atoms with van der Waals surface area (Å²) in [6.07, 6.45) is 2.01. The van der Waals surface area contributed by atoms with E-state index in [1.807, 2.05) is 36.4 Å². The van der Waals surface area contributed by atoms with Gasteiger partial charge in [-0.15, -0.1) is 0 Å². The van der Waals surface area contributed by atoms with Gasteiger partial charge in [-0.1, -0.05) is 45.2 Å². The maximum absolute atomic E-state index is 12.5. The van der Waals surface area contributed by atoms with E-state index in [0.29, 0.717) is 17.9 Å². The molecule has 0 aliphatic heterocycles. The van der Waals surface area contributed by atoms with Crippen molar-refractivity contribution in [3.05, 3.63) is 57.0 Å². The Morgan fingerprint density at radius 1 is 1.09 bits per heavy atom. The van der Waals surface area contributed by atoms with Gasteiger partial charge in [0, 0.05) is 14.6 Å². The number of halogens is 2. The predicted octanol–water partition coefficient (Wildman–Crippen LogP) is 5.64. The molecule has 0 saturated heterocycles. The summed E-state index contributed by atoms with van der Waals surface area (Å²) in [6.45, 7) is 2.71. The molecule has 0 aliphatic rings. The highest BCUT2D eigenvalue weighted by Crippen LogP contribution is 2.25. The Labute approximate surface area is 147 Å². The third-order valence-corrected chi connectivity index (χ3v) is 4.07. The quantitative estimate of drug-likeness (QED) is 0.606. The van der Waals surface area contributed by atoms with Crippen molar-refractivity contribution in [1.82, 2.24) is 0 Å². The second-order valence-electron chi connectivity index (χ2n) is 4.80. The fourth-order valence-electron chi connectivity index (χ4n) is 1.86. The third-order valence-electron chi connectivity index (χ3n) is 3.04. The van der Waals surface area contributed by atoms with E-state index in [1.54, 1.807) is 6.07 Å². The number of amides is 1. The lowest BCUT2D eigenvalue weighted by Gasteiger charge is -2.12. The zero-order valence-corrected chi connectivity index (χ0v) is 15.4. The van der Waals surface area contributed by atoms with Gasteiger partial charge in [-0.3, -0.25) is 4.79 Å². The van der Waals surface area contributed by atoms with Crippen LogP contribution in [0.2, 0.25) is 0 Å². The van der Waals surface area contributed by atoms with Crippen LogP contribution in [-0.4, -0.2) is 12.5 Å². The fourth-order valence-corrected chi connectivity index (χ4v) is 2.49. The van der Waals surface area contributed by atoms with Gasteiger partial charge >= 0.3 is 0 Å². The minimum atomic E-state index is -0.185. The van der Waals surface area contributed by atoms with Gasteiger partial charge in [0.2, 0.25) is 0 Å². The van der Waals surface area contributed by atoms with Gasteiger partial charge in [0.1, 0.15) is 5.75 Å². The molecule has 2 aromatic carbocycles. The topological polar surface area (TPSA) is 38.3 Å². The first-order valence-corrected chi connectivity index (χ1v) is 8.68. The van der Waals surface area contributed by atoms with Crippen LogP contribution in [0.4, 0.5) is 5.69 Å². The van der Waals surface area contributed by atoms with Crippen LogP contribution in [-0.2, 0) is 0 Å². The largest absolute Gasteiger partial charge is 0.493 e. The first-order valence-electron chi connectivity index (χ1n) is 7.09. The van der Waals surface area contributed by atoms with Crippen molar-refractivity contribution in [3.63, 3.8) is 0 Å². The zero-order valence-electron chi connectivity index (χ0n) is 12.2. The Morgan fingerprint density at radius 3 is 2.45 bits per heavy atom. The molecule has 0 aromatic heterocycles. The van der Waals surface area contributed by atoms with E-state index in [9.17, 15) is 4.79 Å². The van der Waals surface area contributed by atoms with Crippen molar-refractivity contribution >= 4 is 43.5 Å². The van der Waals surface area contributed by atoms with E-state index >= 15 is 0 Å². The SMILES string of the molecule is CCCCOc1ccc(Br)cc1C(=O)Nc1ccc(Br)cc1. The van der Waals surface area contributed by atoms with E-state index < -0.39 is 0 Å². The number of anilines is 1. The first kappa shape index (κ1) is 17.0. The summed E-state index contributed by atoms with van der Waals surface area (Å²) in [5, 5.41) is 2.88. The second-order valence-corrected chi connectivity index (χ2v) is 6.63. The highest BCUT2D eigenvalue weighted by atomic mass is 79.9. The minimum Gasteiger partial charge on any atom is -0.493 e. The molecule has 0 saturated carbocycles. The number of rotatable bonds is 6. The number of benzene rings is 2. The van der Waals surface area contributed by atoms with Gasteiger partial charge in [-0.2, -0.15) is 0 Å². The molecule has 116 valence electrons. The number of hydrogen-bond acceptors (Lipinski definition) is 2. The molecule has 0 atom stereocenters. The molecule has 0 unspecified atom stereocenters. The maximum Gasteiger partial charge on any atom is 0.259 e. The molecule has 2 aromatic rings. The summed E-state index contributed by atoms with van der Waals surface area (Å²) < 4.78 is 7.53. The summed E-state index contributed by atoms with van der Waals surface area (Å²) in [6, 6.07) is 12.9. The molecule has 0 aliphatic carbocycles. The average molecular weight is 427 g/mol. The highest BCUT2D eigenvalue weighted by Gasteiger charge is 2.13. The number of carbonyl (C=O) groups excluding carboxylic acids is 1. The number of hydrogen-bond donors (Lipinski definition) is 1. The Bertz CT molecular complexity index is 642. The van der Waals surface area contributed by atoms with Crippen LogP contribution in [0.5, 0.6) is 5.75 Å². The summed E-state index contributed by atoms with van der Waals surface area (Å²) in [4.78, 5) is 12.5. The number of unbranched alkanes of at least 4 members (excludes halogenated alkanes) is 1. The molecule has 0 bridgehead atoms. The maximum atomic E-state index is 12.5. The van der Waals surface area contributed by atoms with Gasteiger partial charge in [0.25, 0.3) is 5.91 Å². The lowest BCUT2D eigenvalue weighted by molar-refractivity contribution is 0.102. The lowest BCUT2D eigenvalue weighted by Crippen LogP contribution is -2.14. The van der Waals surface area contributed by atoms with Crippen molar-refractivity contribution in [3.8, 4) is 5.75 Å². The molecule has 0 radical (unpaired) electrons. The Balaban J connectivity index is 2.16. The highest BCUT2D eigenvalue weighted by molar-refractivity contribution is 9.10. The van der Waals surface area contributed by atoms with Crippen LogP contribution in [0, 0.1) is 0 Å². The molecule has 0 heterocycles. The summed E-state index contributed by atoms with van der Waals surface area (Å²) >= 11 is 6.77. The van der Waals surface area contributed by atoms with E-state index in [2.05, 4.69) is 44.1 Å². The van der Waals surface area contributed by atoms with Gasteiger partial charge < -0.3 is 10.1 Å². The minimum absolute atomic E-state index is 0.185. The first-order chi connectivity index (χ1) is 10.6. The molecule has 1 N–H and O–H groups in total. The van der Waals surface area contributed by atoms with Crippen molar-refractivity contribution in [2.24, 2.45) is 0 Å². The summed E-state index contributed by atoms with van der Waals surface area (Å²) in [7, 11) is 0. The van der Waals surface area contributed by atoms with Gasteiger partial charge in [0.05, 0.1) is 12.2 Å². The van der Waals surface area contributed by atoms with Crippen LogP contribution in [0.1, 0.15) is 30.1 Å². The molecule has 22 heavy (non-hydrogen) atoms. The van der Waals surface area contributed by atoms with E-state index in [4.69, 9.17) is 4.74 Å². The van der Waals surface area contributed by atoms with Gasteiger partial charge in [-0.25, -0.2) is 0 Å². The van der Waals surface area contributed by atoms with E-state index in [-0.39, 0.29) is 5.91 Å². The summed E-state index contributed by atoms with van der Waals surface area (Å²) in [5.41, 5.74) is 1.26. The van der Waals surface area contributed by atoms with Crippen molar-refractivity contribution in [1.29, 1.82) is 0 Å². The summed E-state index contributed by atoms with van der Waals surface area (Å²) in [5.74, 6) is 0.418. The number of ether oxygens (including phenoxy) is 1. The van der Waals surface area contributed by atoms with Crippen LogP contribution in [0.3, 0.4) is 0 Å². The van der Waals surface area contributed by atoms with Crippen LogP contribution in [0.15, 0.2) is 51.4 Å². The molecule has 2 rings (SSSR count). The lowest BCUT2D eigenvalue weighted by atomic mass is 10.2. The molecular formula is C17H17Br2NO2. The monoisotopic (exact) mass is 425 g/mol. The second kappa shape index (κ2) is 8.34. The van der Waals surface area contributed by atoms with Crippen molar-refractivity contribution in [2.45, 2.75) is 19.8 Å². The smallest absolute Gasteiger partial charge is 0.259 e. The number of nitrogens with one attached hydrogen (secondary N) is 1. The third kappa shape index (κ3) is 4.85. The molecule has 0 fully saturated rings. The Hall–Kier alpha value is -1.33. The molecule has 0 spiro atoms. The Morgan fingerprint density at radius 2 is 1.77 bits per heavy atom. The van der Waals surface area contributed by atoms with Crippen LogP contribution >= 0.6 is 31.9 Å². The zero-order chi connectivity index (χ0) is 15.9. The standard InChI is InChI=1S/C17H17Br2NO2/c1-2-3-10-22-16-9-6-13(19)11-15(16)17(21)20-14-7-4-12(18)5-8-14/h4-9,11H,2-3,10H2,1H3,(H,20,21). The van der Waals surface area contributed by atoms with Crippen LogP contribution < -0.4 is 10.1 Å². The molecule has 5 heteroatoms. The molecule has 3 nitrogen and oxygen atoms in total. The molecular weight excluding hydrogens is 410 g/mol. The van der Waals surface area contributed by atoms with Crippen LogP contribution in [0.25, 0.3) is 0 Å². The van der Waals surface area contributed by atoms with Gasteiger partial charge in [-0.05, 0) is 48.9 Å². The molecule has 1 amide bonds. The van der Waals surface area contributed by atoms with Crippen molar-refractivity contribution < 1.29 is 9.53 Å². The predicted molar refractivity (Wildman–Crippen MR) is 96.6 cm³/mol. The fraction of sp³-hybridized carbons (Fsp3) is 0.235.